The number of fused-ring (bicyclic) bond motifs is 1. The van der Waals surface area contributed by atoms with Gasteiger partial charge in [0.25, 0.3) is 5.91 Å². The summed E-state index contributed by atoms with van der Waals surface area (Å²) in [5.74, 6) is 1.02. The molecule has 0 aliphatic carbocycles. The molecule has 0 radical (unpaired) electrons. The molecular weight excluding hydrogens is 406 g/mol. The lowest BCUT2D eigenvalue weighted by molar-refractivity contribution is 0.0300. The second-order valence-corrected chi connectivity index (χ2v) is 7.83. The second-order valence-electron chi connectivity index (χ2n) is 7.83. The van der Waals surface area contributed by atoms with Gasteiger partial charge in [0.2, 0.25) is 0 Å². The Morgan fingerprint density at radius 2 is 1.88 bits per heavy atom. The molecule has 1 N–H and O–H groups in total. The van der Waals surface area contributed by atoms with Gasteiger partial charge in [-0.3, -0.25) is 4.79 Å². The maximum absolute atomic E-state index is 13.2. The van der Waals surface area contributed by atoms with Crippen LogP contribution in [0.5, 0.6) is 11.5 Å². The predicted molar refractivity (Wildman–Crippen MR) is 125 cm³/mol. The Kier molecular flexibility index (Phi) is 6.10. The number of carbonyl (C=O) groups is 1. The summed E-state index contributed by atoms with van der Waals surface area (Å²) in [5.41, 5.74) is 6.17. The van der Waals surface area contributed by atoms with E-state index in [0.29, 0.717) is 49.9 Å². The summed E-state index contributed by atoms with van der Waals surface area (Å²) in [7, 11) is 3.19. The van der Waals surface area contributed by atoms with E-state index in [0.717, 1.165) is 33.8 Å². The molecule has 4 rings (SSSR count). The Balaban J connectivity index is 1.83. The van der Waals surface area contributed by atoms with Crippen molar-refractivity contribution in [1.29, 1.82) is 0 Å². The van der Waals surface area contributed by atoms with Gasteiger partial charge in [-0.05, 0) is 25.1 Å². The molecule has 168 valence electrons. The number of hydrogen-bond donors (Lipinski definition) is 1. The molecule has 1 aromatic carbocycles. The first-order valence-corrected chi connectivity index (χ1v) is 10.6. The molecule has 3 heterocycles. The van der Waals surface area contributed by atoms with Crippen molar-refractivity contribution in [1.82, 2.24) is 14.8 Å². The zero-order chi connectivity index (χ0) is 22.8. The van der Waals surface area contributed by atoms with E-state index in [1.54, 1.807) is 25.2 Å². The number of aromatic nitrogens is 1. The monoisotopic (exact) mass is 435 g/mol. The number of nitrogens with zero attached hydrogens (tertiary/aromatic N) is 2. The van der Waals surface area contributed by atoms with Gasteiger partial charge in [-0.25, -0.2) is 0 Å². The number of benzene rings is 1. The summed E-state index contributed by atoms with van der Waals surface area (Å²) in [4.78, 5) is 20.4. The van der Waals surface area contributed by atoms with Crippen molar-refractivity contribution in [2.24, 2.45) is 0 Å². The molecule has 1 fully saturated rings. The number of amides is 1. The van der Waals surface area contributed by atoms with E-state index in [9.17, 15) is 4.79 Å². The summed E-state index contributed by atoms with van der Waals surface area (Å²) >= 11 is 0. The maximum atomic E-state index is 13.2. The van der Waals surface area contributed by atoms with Gasteiger partial charge in [0, 0.05) is 48.2 Å². The Labute approximate surface area is 188 Å². The number of carbonyl (C=O) groups excluding carboxylic acids is 1. The molecule has 2 aliphatic heterocycles. The predicted octanol–water partition coefficient (Wildman–Crippen LogP) is 3.67. The van der Waals surface area contributed by atoms with E-state index in [1.807, 2.05) is 30.2 Å². The van der Waals surface area contributed by atoms with Gasteiger partial charge in [0.05, 0.1) is 44.4 Å². The minimum absolute atomic E-state index is 0.0903. The Morgan fingerprint density at radius 3 is 2.53 bits per heavy atom. The highest BCUT2D eigenvalue weighted by atomic mass is 16.5. The number of morpholine rings is 1. The van der Waals surface area contributed by atoms with E-state index in [2.05, 4.69) is 24.2 Å². The number of methoxy groups -OCH3 is 2. The van der Waals surface area contributed by atoms with E-state index in [-0.39, 0.29) is 5.91 Å². The van der Waals surface area contributed by atoms with Gasteiger partial charge in [0.1, 0.15) is 11.5 Å². The van der Waals surface area contributed by atoms with Crippen molar-refractivity contribution < 1.29 is 19.0 Å². The molecule has 0 bridgehead atoms. The molecule has 7 heteroatoms. The highest BCUT2D eigenvalue weighted by molar-refractivity contribution is 5.99. The number of H-pyrrole nitrogens is 1. The average molecular weight is 436 g/mol. The number of ether oxygens (including phenoxy) is 3. The lowest BCUT2D eigenvalue weighted by Crippen LogP contribution is -2.40. The molecule has 0 atom stereocenters. The Hall–Kier alpha value is -3.45. The maximum Gasteiger partial charge on any atom is 0.257 e. The first-order valence-electron chi connectivity index (χ1n) is 10.6. The van der Waals surface area contributed by atoms with Crippen LogP contribution in [0.2, 0.25) is 0 Å². The van der Waals surface area contributed by atoms with Crippen LogP contribution < -0.4 is 9.47 Å². The minimum atomic E-state index is -0.0903. The third kappa shape index (κ3) is 3.80. The number of aromatic amines is 1. The topological polar surface area (TPSA) is 67.0 Å². The van der Waals surface area contributed by atoms with Crippen molar-refractivity contribution in [2.45, 2.75) is 6.92 Å². The van der Waals surface area contributed by atoms with E-state index >= 15 is 0 Å². The molecule has 1 aromatic heterocycles. The van der Waals surface area contributed by atoms with E-state index in [4.69, 9.17) is 14.2 Å². The van der Waals surface area contributed by atoms with Gasteiger partial charge in [-0.15, -0.1) is 6.58 Å². The smallest absolute Gasteiger partial charge is 0.257 e. The van der Waals surface area contributed by atoms with Gasteiger partial charge < -0.3 is 29.0 Å². The highest BCUT2D eigenvalue weighted by Crippen LogP contribution is 2.42. The fraction of sp³-hybridized carbons (Fsp3) is 0.320. The van der Waals surface area contributed by atoms with Crippen molar-refractivity contribution in [2.75, 3.05) is 47.1 Å². The number of hydrogen-bond acceptors (Lipinski definition) is 5. The van der Waals surface area contributed by atoms with E-state index < -0.39 is 0 Å². The van der Waals surface area contributed by atoms with Gasteiger partial charge in [0.15, 0.2) is 0 Å². The SMILES string of the molecule is C=CCN1C=C(c2cc(OC)c(C(=O)N3CCOCC3)cc2OC)c2cc(C)[nH]c2C1=C. The Morgan fingerprint density at radius 1 is 1.16 bits per heavy atom. The summed E-state index contributed by atoms with van der Waals surface area (Å²) in [6.07, 6.45) is 3.88. The summed E-state index contributed by atoms with van der Waals surface area (Å²) in [6, 6.07) is 5.74. The first kappa shape index (κ1) is 21.8. The fourth-order valence-electron chi connectivity index (χ4n) is 4.20. The zero-order valence-corrected chi connectivity index (χ0v) is 18.9. The van der Waals surface area contributed by atoms with Crippen LogP contribution in [0.3, 0.4) is 0 Å². The summed E-state index contributed by atoms with van der Waals surface area (Å²) in [6.45, 7) is 12.9. The number of rotatable bonds is 6. The number of nitrogens with one attached hydrogen (secondary N) is 1. The third-order valence-corrected chi connectivity index (χ3v) is 5.83. The molecular formula is C25H29N3O4. The molecule has 1 amide bonds. The standard InChI is InChI=1S/C25H29N3O4/c1-6-7-28-15-21(19-12-16(2)26-24(19)17(28)3)18-13-23(31-5)20(14-22(18)30-4)25(29)27-8-10-32-11-9-27/h6,12-15,26H,1,3,7-11H2,2,4-5H3. The van der Waals surface area contributed by atoms with Crippen molar-refractivity contribution >= 4 is 17.2 Å². The molecule has 2 aromatic rings. The van der Waals surface area contributed by atoms with Crippen LogP contribution in [0.1, 0.15) is 32.9 Å². The Bertz CT molecular complexity index is 1090. The molecule has 0 unspecified atom stereocenters. The minimum Gasteiger partial charge on any atom is -0.496 e. The van der Waals surface area contributed by atoms with Crippen LogP contribution in [-0.2, 0) is 4.74 Å². The molecule has 2 aliphatic rings. The fourth-order valence-corrected chi connectivity index (χ4v) is 4.20. The molecule has 7 nitrogen and oxygen atoms in total. The lowest BCUT2D eigenvalue weighted by atomic mass is 9.92. The molecule has 0 saturated carbocycles. The normalized spacial score (nSPS) is 15.8. The van der Waals surface area contributed by atoms with Crippen molar-refractivity contribution in [3.05, 3.63) is 71.7 Å². The van der Waals surface area contributed by atoms with Crippen molar-refractivity contribution in [3.63, 3.8) is 0 Å². The third-order valence-electron chi connectivity index (χ3n) is 5.83. The van der Waals surface area contributed by atoms with Crippen LogP contribution in [0.15, 0.2) is 43.6 Å². The van der Waals surface area contributed by atoms with Gasteiger partial charge in [-0.1, -0.05) is 12.7 Å². The zero-order valence-electron chi connectivity index (χ0n) is 18.9. The van der Waals surface area contributed by atoms with Crippen LogP contribution in [-0.4, -0.2) is 67.8 Å². The average Bonchev–Trinajstić information content (AvgIpc) is 3.22. The van der Waals surface area contributed by atoms with E-state index in [1.165, 1.54) is 0 Å². The van der Waals surface area contributed by atoms with Crippen molar-refractivity contribution in [3.8, 4) is 11.5 Å². The highest BCUT2D eigenvalue weighted by Gasteiger charge is 2.28. The second kappa shape index (κ2) is 8.96. The van der Waals surface area contributed by atoms with Crippen LogP contribution in [0.4, 0.5) is 0 Å². The summed E-state index contributed by atoms with van der Waals surface area (Å²) in [5, 5.41) is 0. The molecule has 1 saturated heterocycles. The number of aryl methyl sites for hydroxylation is 1. The molecule has 0 spiro atoms. The van der Waals surface area contributed by atoms with Crippen LogP contribution in [0, 0.1) is 6.92 Å². The van der Waals surface area contributed by atoms with Crippen LogP contribution in [0.25, 0.3) is 11.3 Å². The van der Waals surface area contributed by atoms with Crippen LogP contribution >= 0.6 is 0 Å². The van der Waals surface area contributed by atoms with Gasteiger partial charge >= 0.3 is 0 Å². The quantitative estimate of drug-likeness (QED) is 0.702. The first-order chi connectivity index (χ1) is 15.5. The summed E-state index contributed by atoms with van der Waals surface area (Å²) < 4.78 is 16.8. The molecule has 32 heavy (non-hydrogen) atoms. The lowest BCUT2D eigenvalue weighted by Gasteiger charge is -2.30. The van der Waals surface area contributed by atoms with Gasteiger partial charge in [-0.2, -0.15) is 0 Å². The largest absolute Gasteiger partial charge is 0.496 e.